The molecule has 0 fully saturated rings. The van der Waals surface area contributed by atoms with E-state index in [1.54, 1.807) is 0 Å². The van der Waals surface area contributed by atoms with Gasteiger partial charge in [-0.1, -0.05) is 0 Å². The molecule has 0 aliphatic rings. The number of hydrogen-bond acceptors (Lipinski definition) is 8. The summed E-state index contributed by atoms with van der Waals surface area (Å²) >= 11 is 0. The first-order chi connectivity index (χ1) is 10.6. The van der Waals surface area contributed by atoms with Crippen LogP contribution in [0.2, 0.25) is 0 Å². The summed E-state index contributed by atoms with van der Waals surface area (Å²) in [6, 6.07) is 7.35. The third-order valence-corrected chi connectivity index (χ3v) is 3.06. The Morgan fingerprint density at radius 3 is 1.55 bits per heavy atom. The normalized spacial score (nSPS) is 15.4. The summed E-state index contributed by atoms with van der Waals surface area (Å²) < 4.78 is 10.2. The standard InChI is InChI=1S/C14H18N4O4/c15-3-1-5-21-9-12(7-17)14(20,11-19)13(8-18)10-22-6-2-4-16/h12-13,19-20H,1-2,5-6,9-11H2. The van der Waals surface area contributed by atoms with Crippen LogP contribution in [0.4, 0.5) is 0 Å². The second-order valence-corrected chi connectivity index (χ2v) is 4.48. The number of rotatable bonds is 11. The van der Waals surface area contributed by atoms with E-state index in [-0.39, 0.29) is 39.3 Å². The van der Waals surface area contributed by atoms with Gasteiger partial charge in [-0.3, -0.25) is 0 Å². The van der Waals surface area contributed by atoms with Gasteiger partial charge in [0.05, 0.1) is 70.2 Å². The van der Waals surface area contributed by atoms with Crippen molar-refractivity contribution in [2.45, 2.75) is 18.4 Å². The fourth-order valence-electron chi connectivity index (χ4n) is 1.69. The molecule has 0 amide bonds. The predicted octanol–water partition coefficient (Wildman–Crippen LogP) is -0.150. The third kappa shape index (κ3) is 6.06. The largest absolute Gasteiger partial charge is 0.393 e. The molecule has 0 spiro atoms. The van der Waals surface area contributed by atoms with Crippen LogP contribution in [0.1, 0.15) is 12.8 Å². The highest BCUT2D eigenvalue weighted by atomic mass is 16.5. The fourth-order valence-corrected chi connectivity index (χ4v) is 1.69. The fraction of sp³-hybridized carbons (Fsp3) is 0.714. The molecule has 0 aliphatic heterocycles. The lowest BCUT2D eigenvalue weighted by atomic mass is 9.79. The van der Waals surface area contributed by atoms with Gasteiger partial charge in [0.2, 0.25) is 0 Å². The molecule has 2 atom stereocenters. The van der Waals surface area contributed by atoms with Gasteiger partial charge in [0.1, 0.15) is 17.4 Å². The van der Waals surface area contributed by atoms with Crippen LogP contribution in [-0.2, 0) is 9.47 Å². The van der Waals surface area contributed by atoms with Crippen molar-refractivity contribution in [3.05, 3.63) is 0 Å². The molecule has 2 unspecified atom stereocenters. The SMILES string of the molecule is N#CCCOCC(C#N)C(O)(CO)C(C#N)COCCC#N. The molecule has 2 N–H and O–H groups in total. The molecule has 0 heterocycles. The van der Waals surface area contributed by atoms with Crippen molar-refractivity contribution in [3.63, 3.8) is 0 Å². The Bertz CT molecular complexity index is 443. The molecular formula is C14H18N4O4. The number of aliphatic hydroxyl groups is 2. The average Bonchev–Trinajstić information content (AvgIpc) is 2.54. The zero-order valence-corrected chi connectivity index (χ0v) is 12.1. The molecule has 0 aromatic carbocycles. The number of nitrogens with zero attached hydrogens (tertiary/aromatic N) is 4. The number of hydrogen-bond donors (Lipinski definition) is 2. The lowest BCUT2D eigenvalue weighted by Crippen LogP contribution is -2.51. The Morgan fingerprint density at radius 2 is 1.27 bits per heavy atom. The van der Waals surface area contributed by atoms with Gasteiger partial charge in [-0.05, 0) is 0 Å². The minimum Gasteiger partial charge on any atom is -0.393 e. The van der Waals surface area contributed by atoms with Crippen molar-refractivity contribution >= 4 is 0 Å². The highest BCUT2D eigenvalue weighted by Crippen LogP contribution is 2.27. The predicted molar refractivity (Wildman–Crippen MR) is 72.3 cm³/mol. The van der Waals surface area contributed by atoms with E-state index in [0.29, 0.717) is 0 Å². The van der Waals surface area contributed by atoms with E-state index in [1.165, 1.54) is 0 Å². The lowest BCUT2D eigenvalue weighted by Gasteiger charge is -2.34. The van der Waals surface area contributed by atoms with Crippen LogP contribution >= 0.6 is 0 Å². The molecule has 0 radical (unpaired) electrons. The molecule has 0 rings (SSSR count). The monoisotopic (exact) mass is 306 g/mol. The van der Waals surface area contributed by atoms with E-state index >= 15 is 0 Å². The Kier molecular flexibility index (Phi) is 10.3. The zero-order chi connectivity index (χ0) is 16.8. The Morgan fingerprint density at radius 1 is 0.864 bits per heavy atom. The van der Waals surface area contributed by atoms with E-state index in [1.807, 2.05) is 24.3 Å². The van der Waals surface area contributed by atoms with Crippen LogP contribution in [-0.4, -0.2) is 48.8 Å². The van der Waals surface area contributed by atoms with Crippen LogP contribution in [0.15, 0.2) is 0 Å². The number of aliphatic hydroxyl groups excluding tert-OH is 1. The third-order valence-electron chi connectivity index (χ3n) is 3.06. The summed E-state index contributed by atoms with van der Waals surface area (Å²) in [5.41, 5.74) is -2.01. The second kappa shape index (κ2) is 11.5. The zero-order valence-electron chi connectivity index (χ0n) is 12.1. The van der Waals surface area contributed by atoms with Crippen LogP contribution < -0.4 is 0 Å². The summed E-state index contributed by atoms with van der Waals surface area (Å²) in [4.78, 5) is 0. The molecule has 0 saturated carbocycles. The van der Waals surface area contributed by atoms with Crippen molar-refractivity contribution in [3.8, 4) is 24.3 Å². The maximum absolute atomic E-state index is 10.5. The lowest BCUT2D eigenvalue weighted by molar-refractivity contribution is -0.109. The molecule has 22 heavy (non-hydrogen) atoms. The van der Waals surface area contributed by atoms with E-state index in [4.69, 9.17) is 30.5 Å². The van der Waals surface area contributed by atoms with Gasteiger partial charge in [0.15, 0.2) is 0 Å². The summed E-state index contributed by atoms with van der Waals surface area (Å²) in [5, 5.41) is 55.0. The molecule has 0 bridgehead atoms. The van der Waals surface area contributed by atoms with E-state index in [9.17, 15) is 10.2 Å². The van der Waals surface area contributed by atoms with E-state index in [0.717, 1.165) is 0 Å². The topological polar surface area (TPSA) is 154 Å². The maximum Gasteiger partial charge on any atom is 0.124 e. The Hall–Kier alpha value is -2.20. The summed E-state index contributed by atoms with van der Waals surface area (Å²) in [6.45, 7) is -1.07. The van der Waals surface area contributed by atoms with Gasteiger partial charge < -0.3 is 19.7 Å². The highest BCUT2D eigenvalue weighted by Gasteiger charge is 2.44. The molecule has 0 saturated heterocycles. The van der Waals surface area contributed by atoms with E-state index in [2.05, 4.69) is 0 Å². The summed E-state index contributed by atoms with van der Waals surface area (Å²) in [6.07, 6.45) is 0.267. The first kappa shape index (κ1) is 19.8. The molecule has 118 valence electrons. The van der Waals surface area contributed by atoms with Gasteiger partial charge >= 0.3 is 0 Å². The van der Waals surface area contributed by atoms with Gasteiger partial charge in [-0.15, -0.1) is 0 Å². The second-order valence-electron chi connectivity index (χ2n) is 4.48. The molecule has 0 aliphatic carbocycles. The average molecular weight is 306 g/mol. The Labute approximate surface area is 129 Å². The molecule has 0 aromatic rings. The van der Waals surface area contributed by atoms with Crippen molar-refractivity contribution in [2.24, 2.45) is 11.8 Å². The molecule has 8 heteroatoms. The minimum atomic E-state index is -2.01. The number of nitriles is 4. The first-order valence-corrected chi connectivity index (χ1v) is 6.62. The van der Waals surface area contributed by atoms with Crippen molar-refractivity contribution < 1.29 is 19.7 Å². The van der Waals surface area contributed by atoms with Crippen LogP contribution in [0.3, 0.4) is 0 Å². The molecular weight excluding hydrogens is 288 g/mol. The Balaban J connectivity index is 4.78. The van der Waals surface area contributed by atoms with Crippen LogP contribution in [0, 0.1) is 57.2 Å². The van der Waals surface area contributed by atoms with Gasteiger partial charge in [-0.2, -0.15) is 21.0 Å². The van der Waals surface area contributed by atoms with Crippen molar-refractivity contribution in [1.82, 2.24) is 0 Å². The maximum atomic E-state index is 10.5. The first-order valence-electron chi connectivity index (χ1n) is 6.62. The van der Waals surface area contributed by atoms with Crippen LogP contribution in [0.5, 0.6) is 0 Å². The van der Waals surface area contributed by atoms with Gasteiger partial charge in [0.25, 0.3) is 0 Å². The smallest absolute Gasteiger partial charge is 0.124 e. The molecule has 8 nitrogen and oxygen atoms in total. The van der Waals surface area contributed by atoms with Crippen molar-refractivity contribution in [1.29, 1.82) is 21.0 Å². The van der Waals surface area contributed by atoms with Gasteiger partial charge in [0, 0.05) is 0 Å². The quantitative estimate of drug-likeness (QED) is 0.499. The van der Waals surface area contributed by atoms with Crippen LogP contribution in [0.25, 0.3) is 0 Å². The van der Waals surface area contributed by atoms with Gasteiger partial charge in [-0.25, -0.2) is 0 Å². The summed E-state index contributed by atoms with van der Waals surface area (Å²) in [7, 11) is 0. The molecule has 0 aromatic heterocycles. The summed E-state index contributed by atoms with van der Waals surface area (Å²) in [5.74, 6) is -2.30. The minimum absolute atomic E-state index is 0.0894. The van der Waals surface area contributed by atoms with Crippen molar-refractivity contribution in [2.75, 3.05) is 33.0 Å². The highest BCUT2D eigenvalue weighted by molar-refractivity contribution is 5.08. The van der Waals surface area contributed by atoms with E-state index < -0.39 is 24.0 Å². The number of ether oxygens (including phenoxy) is 2.